The number of allylic oxidation sites excluding steroid dienone is 1. The Balaban J connectivity index is -0.000000355. The number of likely N-dealkylation sites (tertiary alicyclic amines) is 1. The highest BCUT2D eigenvalue weighted by atomic mass is 16.2. The summed E-state index contributed by atoms with van der Waals surface area (Å²) in [5.74, 6) is 0.246. The second-order valence-electron chi connectivity index (χ2n) is 3.73. The molecule has 120 valence electrons. The minimum Gasteiger partial charge on any atom is -0.356 e. The van der Waals surface area contributed by atoms with Gasteiger partial charge in [0.05, 0.1) is 0 Å². The zero-order valence-corrected chi connectivity index (χ0v) is 14.3. The van der Waals surface area contributed by atoms with Crippen LogP contribution in [0.5, 0.6) is 0 Å². The van der Waals surface area contributed by atoms with Gasteiger partial charge in [0.1, 0.15) is 0 Å². The van der Waals surface area contributed by atoms with Gasteiger partial charge in [-0.3, -0.25) is 9.59 Å². The van der Waals surface area contributed by atoms with Gasteiger partial charge < -0.3 is 10.2 Å². The maximum atomic E-state index is 11.1. The molecule has 4 heteroatoms. The predicted octanol–water partition coefficient (Wildman–Crippen LogP) is 3.38. The first-order valence-corrected chi connectivity index (χ1v) is 7.71. The second kappa shape index (κ2) is 20.0. The zero-order chi connectivity index (χ0) is 16.4. The number of carbonyl (C=O) groups is 2. The predicted molar refractivity (Wildman–Crippen MR) is 87.7 cm³/mol. The van der Waals surface area contributed by atoms with E-state index in [1.807, 2.05) is 39.5 Å². The van der Waals surface area contributed by atoms with Crippen molar-refractivity contribution in [1.29, 1.82) is 0 Å². The molecule has 1 saturated heterocycles. The number of rotatable bonds is 4. The van der Waals surface area contributed by atoms with Crippen molar-refractivity contribution in [2.45, 2.75) is 60.8 Å². The van der Waals surface area contributed by atoms with Crippen molar-refractivity contribution in [3.8, 4) is 0 Å². The van der Waals surface area contributed by atoms with Crippen LogP contribution < -0.4 is 5.32 Å². The molecule has 1 fully saturated rings. The average molecular weight is 286 g/mol. The number of hydrogen-bond acceptors (Lipinski definition) is 2. The highest BCUT2D eigenvalue weighted by Crippen LogP contribution is 2.09. The van der Waals surface area contributed by atoms with E-state index >= 15 is 0 Å². The molecule has 4 nitrogen and oxygen atoms in total. The quantitative estimate of drug-likeness (QED) is 0.636. The Labute approximate surface area is 125 Å². The highest BCUT2D eigenvalue weighted by Gasteiger charge is 2.18. The molecule has 0 bridgehead atoms. The van der Waals surface area contributed by atoms with Gasteiger partial charge in [-0.25, -0.2) is 0 Å². The molecular weight excluding hydrogens is 252 g/mol. The van der Waals surface area contributed by atoms with Crippen LogP contribution in [0, 0.1) is 0 Å². The van der Waals surface area contributed by atoms with Crippen LogP contribution >= 0.6 is 0 Å². The number of amides is 2. The molecule has 0 radical (unpaired) electrons. The van der Waals surface area contributed by atoms with Crippen LogP contribution in [0.1, 0.15) is 60.8 Å². The molecule has 1 aliphatic rings. The summed E-state index contributed by atoms with van der Waals surface area (Å²) in [6.45, 7) is 17.1. The van der Waals surface area contributed by atoms with Crippen molar-refractivity contribution < 1.29 is 9.59 Å². The lowest BCUT2D eigenvalue weighted by Gasteiger charge is -2.14. The summed E-state index contributed by atoms with van der Waals surface area (Å²) < 4.78 is 0. The van der Waals surface area contributed by atoms with Gasteiger partial charge in [0.25, 0.3) is 0 Å². The monoisotopic (exact) mass is 286 g/mol. The van der Waals surface area contributed by atoms with Crippen LogP contribution in [-0.2, 0) is 9.59 Å². The minimum atomic E-state index is -0.00671. The maximum Gasteiger partial charge on any atom is 0.222 e. The zero-order valence-electron chi connectivity index (χ0n) is 14.3. The molecule has 2 amide bonds. The summed E-state index contributed by atoms with van der Waals surface area (Å²) in [5, 5.41) is 2.71. The van der Waals surface area contributed by atoms with Gasteiger partial charge in [0.15, 0.2) is 0 Å². The third kappa shape index (κ3) is 16.7. The van der Waals surface area contributed by atoms with E-state index < -0.39 is 0 Å². The Bertz CT molecular complexity index is 241. The van der Waals surface area contributed by atoms with E-state index in [-0.39, 0.29) is 11.8 Å². The van der Waals surface area contributed by atoms with Crippen molar-refractivity contribution in [2.24, 2.45) is 0 Å². The normalized spacial score (nSPS) is 11.9. The van der Waals surface area contributed by atoms with Gasteiger partial charge in [0.2, 0.25) is 11.8 Å². The minimum absolute atomic E-state index is 0.00671. The SMILES string of the molecule is C=CC.CC.CC.CC(=O)NCCCN1CCCC1=O. The Kier molecular flexibility index (Phi) is 23.8. The van der Waals surface area contributed by atoms with Crippen molar-refractivity contribution in [3.05, 3.63) is 12.7 Å². The molecule has 20 heavy (non-hydrogen) atoms. The number of carbonyl (C=O) groups excluding carboxylic acids is 2. The molecule has 0 aromatic rings. The third-order valence-corrected chi connectivity index (χ3v) is 2.15. The fourth-order valence-corrected chi connectivity index (χ4v) is 1.47. The molecule has 0 unspecified atom stereocenters. The first-order valence-electron chi connectivity index (χ1n) is 7.71. The smallest absolute Gasteiger partial charge is 0.222 e. The largest absolute Gasteiger partial charge is 0.356 e. The standard InChI is InChI=1S/C9H16N2O2.C3H6.2C2H6/c1-8(12)10-5-3-7-11-6-2-4-9(11)13;1-3-2;2*1-2/h2-7H2,1H3,(H,10,12);3H,1H2,2H3;2*1-2H3. The van der Waals surface area contributed by atoms with Gasteiger partial charge in [-0.05, 0) is 19.8 Å². The van der Waals surface area contributed by atoms with Crippen molar-refractivity contribution in [2.75, 3.05) is 19.6 Å². The van der Waals surface area contributed by atoms with E-state index in [2.05, 4.69) is 11.9 Å². The van der Waals surface area contributed by atoms with Crippen molar-refractivity contribution >= 4 is 11.8 Å². The first-order chi connectivity index (χ1) is 9.61. The fourth-order valence-electron chi connectivity index (χ4n) is 1.47. The topological polar surface area (TPSA) is 49.4 Å². The van der Waals surface area contributed by atoms with E-state index in [0.717, 1.165) is 25.9 Å². The molecule has 0 saturated carbocycles. The van der Waals surface area contributed by atoms with E-state index in [4.69, 9.17) is 0 Å². The van der Waals surface area contributed by atoms with Gasteiger partial charge in [-0.1, -0.05) is 33.8 Å². The molecule has 0 spiro atoms. The van der Waals surface area contributed by atoms with Crippen LogP contribution in [0.4, 0.5) is 0 Å². The molecule has 1 N–H and O–H groups in total. The average Bonchev–Trinajstić information content (AvgIpc) is 2.86. The second-order valence-corrected chi connectivity index (χ2v) is 3.73. The summed E-state index contributed by atoms with van der Waals surface area (Å²) in [7, 11) is 0. The summed E-state index contributed by atoms with van der Waals surface area (Å²) in [6.07, 6.45) is 4.28. The number of hydrogen-bond donors (Lipinski definition) is 1. The van der Waals surface area contributed by atoms with Crippen LogP contribution in [0.2, 0.25) is 0 Å². The lowest BCUT2D eigenvalue weighted by atomic mass is 10.4. The van der Waals surface area contributed by atoms with Gasteiger partial charge in [0, 0.05) is 33.0 Å². The lowest BCUT2D eigenvalue weighted by molar-refractivity contribution is -0.127. The van der Waals surface area contributed by atoms with Crippen molar-refractivity contribution in [1.82, 2.24) is 10.2 Å². The number of nitrogens with one attached hydrogen (secondary N) is 1. The third-order valence-electron chi connectivity index (χ3n) is 2.15. The Hall–Kier alpha value is -1.32. The lowest BCUT2D eigenvalue weighted by Crippen LogP contribution is -2.29. The Morgan fingerprint density at radius 2 is 1.85 bits per heavy atom. The fraction of sp³-hybridized carbons (Fsp3) is 0.750. The maximum absolute atomic E-state index is 11.1. The molecule has 0 aliphatic carbocycles. The Morgan fingerprint density at radius 1 is 1.35 bits per heavy atom. The summed E-state index contributed by atoms with van der Waals surface area (Å²) in [5.41, 5.74) is 0. The van der Waals surface area contributed by atoms with Gasteiger partial charge in [-0.2, -0.15) is 0 Å². The van der Waals surface area contributed by atoms with Crippen LogP contribution in [0.15, 0.2) is 12.7 Å². The van der Waals surface area contributed by atoms with Gasteiger partial charge >= 0.3 is 0 Å². The molecule has 1 heterocycles. The van der Waals surface area contributed by atoms with E-state index in [0.29, 0.717) is 13.0 Å². The van der Waals surface area contributed by atoms with Gasteiger partial charge in [-0.15, -0.1) is 6.58 Å². The van der Waals surface area contributed by atoms with Crippen molar-refractivity contribution in [3.63, 3.8) is 0 Å². The highest BCUT2D eigenvalue weighted by molar-refractivity contribution is 5.78. The van der Waals surface area contributed by atoms with Crippen LogP contribution in [0.3, 0.4) is 0 Å². The summed E-state index contributed by atoms with van der Waals surface area (Å²) in [4.78, 5) is 23.5. The molecule has 0 aromatic heterocycles. The summed E-state index contributed by atoms with van der Waals surface area (Å²) in [6, 6.07) is 0. The number of nitrogens with zero attached hydrogens (tertiary/aromatic N) is 1. The van der Waals surface area contributed by atoms with E-state index in [1.165, 1.54) is 6.92 Å². The summed E-state index contributed by atoms with van der Waals surface area (Å²) >= 11 is 0. The van der Waals surface area contributed by atoms with Crippen LogP contribution in [0.25, 0.3) is 0 Å². The van der Waals surface area contributed by atoms with E-state index in [9.17, 15) is 9.59 Å². The van der Waals surface area contributed by atoms with Crippen LogP contribution in [-0.4, -0.2) is 36.3 Å². The molecule has 0 atom stereocenters. The molecule has 1 aliphatic heterocycles. The molecule has 0 aromatic carbocycles. The Morgan fingerprint density at radius 3 is 2.20 bits per heavy atom. The van der Waals surface area contributed by atoms with E-state index in [1.54, 1.807) is 6.08 Å². The first kappa shape index (κ1) is 23.7. The molecular formula is C16H34N2O2. The molecule has 1 rings (SSSR count).